The molecular weight excluding hydrogens is 407 g/mol. The highest BCUT2D eigenvalue weighted by molar-refractivity contribution is 6.03. The van der Waals surface area contributed by atoms with Gasteiger partial charge in [0.2, 0.25) is 0 Å². The maximum absolute atomic E-state index is 13.4. The predicted molar refractivity (Wildman–Crippen MR) is 111 cm³/mol. The highest BCUT2D eigenvalue weighted by Gasteiger charge is 2.33. The third-order valence-electron chi connectivity index (χ3n) is 4.43. The summed E-state index contributed by atoms with van der Waals surface area (Å²) in [5.74, 6) is -1.30. The molecule has 0 saturated carbocycles. The number of hydrogen-bond donors (Lipinski definition) is 1. The molecule has 0 unspecified atom stereocenters. The van der Waals surface area contributed by atoms with Crippen LogP contribution in [0.3, 0.4) is 0 Å². The number of carbonyl (C=O) groups is 2. The van der Waals surface area contributed by atoms with Gasteiger partial charge in [0.25, 0.3) is 5.91 Å². The Balaban J connectivity index is 1.98. The number of hydrogen-bond acceptors (Lipinski definition) is 3. The first-order valence-corrected chi connectivity index (χ1v) is 9.22. The molecule has 0 aromatic heterocycles. The van der Waals surface area contributed by atoms with E-state index in [1.807, 2.05) is 0 Å². The normalized spacial score (nSPS) is 11.7. The Morgan fingerprint density at radius 2 is 1.58 bits per heavy atom. The van der Waals surface area contributed by atoms with Crippen LogP contribution in [0.1, 0.15) is 21.5 Å². The van der Waals surface area contributed by atoms with Crippen molar-refractivity contribution in [3.63, 3.8) is 0 Å². The molecule has 0 spiro atoms. The Morgan fingerprint density at radius 3 is 2.26 bits per heavy atom. The smallest absolute Gasteiger partial charge is 0.417 e. The molecule has 0 aliphatic rings. The van der Waals surface area contributed by atoms with Gasteiger partial charge in [-0.25, -0.2) is 4.79 Å². The van der Waals surface area contributed by atoms with E-state index in [1.165, 1.54) is 37.5 Å². The number of ether oxygens (including phenoxy) is 1. The third kappa shape index (κ3) is 5.39. The molecular formula is C24H18F3NO3. The number of rotatable bonds is 5. The van der Waals surface area contributed by atoms with Crippen molar-refractivity contribution >= 4 is 18.0 Å². The van der Waals surface area contributed by atoms with E-state index in [4.69, 9.17) is 4.74 Å². The fraction of sp³-hybridized carbons (Fsp3) is 0.0833. The highest BCUT2D eigenvalue weighted by atomic mass is 19.4. The van der Waals surface area contributed by atoms with Gasteiger partial charge in [-0.05, 0) is 47.0 Å². The van der Waals surface area contributed by atoms with Gasteiger partial charge in [-0.2, -0.15) is 13.2 Å². The number of esters is 1. The van der Waals surface area contributed by atoms with Crippen LogP contribution in [0.4, 0.5) is 13.2 Å². The standard InChI is InChI=1S/C24H18F3NO3/c1-31-23(30)21(28-22(29)17-9-3-2-4-10-17)15-16-8-7-11-18(14-16)19-12-5-6-13-20(19)24(25,26)27/h2-15H,1H3,(H,28,29). The molecule has 3 aromatic rings. The largest absolute Gasteiger partial charge is 0.464 e. The van der Waals surface area contributed by atoms with Crippen molar-refractivity contribution < 1.29 is 27.5 Å². The van der Waals surface area contributed by atoms with E-state index in [1.54, 1.807) is 48.5 Å². The Hall–Kier alpha value is -3.87. The average Bonchev–Trinajstić information content (AvgIpc) is 2.78. The Labute approximate surface area is 177 Å². The van der Waals surface area contributed by atoms with Gasteiger partial charge >= 0.3 is 12.1 Å². The van der Waals surface area contributed by atoms with Crippen LogP contribution in [0, 0.1) is 0 Å². The molecule has 7 heteroatoms. The van der Waals surface area contributed by atoms with Crippen LogP contribution in [0.25, 0.3) is 17.2 Å². The van der Waals surface area contributed by atoms with E-state index in [2.05, 4.69) is 5.32 Å². The molecule has 1 N–H and O–H groups in total. The van der Waals surface area contributed by atoms with Crippen molar-refractivity contribution in [2.45, 2.75) is 6.18 Å². The first kappa shape index (κ1) is 21.8. The number of amides is 1. The SMILES string of the molecule is COC(=O)C(=Cc1cccc(-c2ccccc2C(F)(F)F)c1)NC(=O)c1ccccc1. The molecule has 0 bridgehead atoms. The van der Waals surface area contributed by atoms with Crippen molar-refractivity contribution in [3.05, 3.63) is 101 Å². The van der Waals surface area contributed by atoms with Crippen molar-refractivity contribution in [3.8, 4) is 11.1 Å². The summed E-state index contributed by atoms with van der Waals surface area (Å²) in [5.41, 5.74) is 0.186. The van der Waals surface area contributed by atoms with Gasteiger partial charge < -0.3 is 10.1 Å². The maximum atomic E-state index is 13.4. The lowest BCUT2D eigenvalue weighted by atomic mass is 9.97. The van der Waals surface area contributed by atoms with Gasteiger partial charge in [0.15, 0.2) is 0 Å². The van der Waals surface area contributed by atoms with Crippen LogP contribution < -0.4 is 5.32 Å². The lowest BCUT2D eigenvalue weighted by Gasteiger charge is -2.13. The quantitative estimate of drug-likeness (QED) is 0.445. The zero-order valence-corrected chi connectivity index (χ0v) is 16.4. The van der Waals surface area contributed by atoms with Crippen LogP contribution in [0.15, 0.2) is 84.6 Å². The van der Waals surface area contributed by atoms with Crippen LogP contribution >= 0.6 is 0 Å². The van der Waals surface area contributed by atoms with Crippen molar-refractivity contribution in [1.82, 2.24) is 5.32 Å². The Morgan fingerprint density at radius 1 is 0.903 bits per heavy atom. The molecule has 3 aromatic carbocycles. The first-order valence-electron chi connectivity index (χ1n) is 9.22. The maximum Gasteiger partial charge on any atom is 0.417 e. The monoisotopic (exact) mass is 425 g/mol. The second-order valence-electron chi connectivity index (χ2n) is 6.54. The van der Waals surface area contributed by atoms with E-state index >= 15 is 0 Å². The summed E-state index contributed by atoms with van der Waals surface area (Å²) < 4.78 is 44.9. The third-order valence-corrected chi connectivity index (χ3v) is 4.43. The number of nitrogens with one attached hydrogen (secondary N) is 1. The van der Waals surface area contributed by atoms with Crippen molar-refractivity contribution in [2.75, 3.05) is 7.11 Å². The molecule has 3 rings (SSSR count). The topological polar surface area (TPSA) is 55.4 Å². The lowest BCUT2D eigenvalue weighted by Crippen LogP contribution is -2.28. The molecule has 4 nitrogen and oxygen atoms in total. The zero-order chi connectivity index (χ0) is 22.4. The van der Waals surface area contributed by atoms with Crippen LogP contribution in [-0.2, 0) is 15.7 Å². The molecule has 0 radical (unpaired) electrons. The minimum absolute atomic E-state index is 0.0122. The summed E-state index contributed by atoms with van der Waals surface area (Å²) in [6, 6.07) is 19.7. The molecule has 0 heterocycles. The lowest BCUT2D eigenvalue weighted by molar-refractivity contribution is -0.137. The number of carbonyl (C=O) groups excluding carboxylic acids is 2. The first-order chi connectivity index (χ1) is 14.8. The van der Waals surface area contributed by atoms with Crippen molar-refractivity contribution in [2.24, 2.45) is 0 Å². The predicted octanol–water partition coefficient (Wildman–Crippen LogP) is 5.32. The van der Waals surface area contributed by atoms with Gasteiger partial charge in [-0.1, -0.05) is 54.6 Å². The minimum Gasteiger partial charge on any atom is -0.464 e. The summed E-state index contributed by atoms with van der Waals surface area (Å²) in [4.78, 5) is 24.6. The summed E-state index contributed by atoms with van der Waals surface area (Å²) >= 11 is 0. The fourth-order valence-corrected chi connectivity index (χ4v) is 2.98. The van der Waals surface area contributed by atoms with E-state index in [-0.39, 0.29) is 11.3 Å². The zero-order valence-electron chi connectivity index (χ0n) is 16.4. The molecule has 0 aliphatic heterocycles. The number of benzene rings is 3. The Bertz CT molecular complexity index is 1120. The summed E-state index contributed by atoms with van der Waals surface area (Å²) in [6.07, 6.45) is -3.16. The van der Waals surface area contributed by atoms with Gasteiger partial charge in [0.1, 0.15) is 5.70 Å². The van der Waals surface area contributed by atoms with Crippen molar-refractivity contribution in [1.29, 1.82) is 0 Å². The summed E-state index contributed by atoms with van der Waals surface area (Å²) in [6.45, 7) is 0. The summed E-state index contributed by atoms with van der Waals surface area (Å²) in [7, 11) is 1.17. The molecule has 31 heavy (non-hydrogen) atoms. The van der Waals surface area contributed by atoms with Gasteiger partial charge in [0.05, 0.1) is 12.7 Å². The second-order valence-corrected chi connectivity index (χ2v) is 6.54. The van der Waals surface area contributed by atoms with E-state index < -0.39 is 23.6 Å². The van der Waals surface area contributed by atoms with Gasteiger partial charge in [-0.15, -0.1) is 0 Å². The number of halogens is 3. The van der Waals surface area contributed by atoms with E-state index in [9.17, 15) is 22.8 Å². The van der Waals surface area contributed by atoms with Crippen LogP contribution in [0.2, 0.25) is 0 Å². The Kier molecular flexibility index (Phi) is 6.55. The molecule has 158 valence electrons. The second kappa shape index (κ2) is 9.30. The molecule has 0 saturated heterocycles. The van der Waals surface area contributed by atoms with Crippen LogP contribution in [-0.4, -0.2) is 19.0 Å². The molecule has 0 aliphatic carbocycles. The average molecular weight is 425 g/mol. The fourth-order valence-electron chi connectivity index (χ4n) is 2.98. The van der Waals surface area contributed by atoms with Gasteiger partial charge in [-0.3, -0.25) is 4.79 Å². The van der Waals surface area contributed by atoms with E-state index in [0.29, 0.717) is 16.7 Å². The summed E-state index contributed by atoms with van der Waals surface area (Å²) in [5, 5.41) is 2.49. The number of alkyl halides is 3. The number of methoxy groups -OCH3 is 1. The minimum atomic E-state index is -4.51. The molecule has 0 fully saturated rings. The molecule has 0 atom stereocenters. The van der Waals surface area contributed by atoms with Crippen LogP contribution in [0.5, 0.6) is 0 Å². The van der Waals surface area contributed by atoms with E-state index in [0.717, 1.165) is 6.07 Å². The highest BCUT2D eigenvalue weighted by Crippen LogP contribution is 2.37. The molecule has 1 amide bonds. The van der Waals surface area contributed by atoms with Gasteiger partial charge in [0, 0.05) is 5.56 Å².